The summed E-state index contributed by atoms with van der Waals surface area (Å²) in [6.45, 7) is 0. The molecule has 0 aliphatic rings. The number of rotatable bonds is 7. The summed E-state index contributed by atoms with van der Waals surface area (Å²) in [5.41, 5.74) is 24.7. The van der Waals surface area contributed by atoms with Crippen molar-refractivity contribution in [3.8, 4) is 72.4 Å². The van der Waals surface area contributed by atoms with Crippen LogP contribution in [-0.2, 0) is 0 Å². The molecule has 13 aromatic rings. The van der Waals surface area contributed by atoms with Gasteiger partial charge in [0.2, 0.25) is 0 Å². The van der Waals surface area contributed by atoms with E-state index in [1.165, 1.54) is 104 Å². The Hall–Kier alpha value is -8.98. The summed E-state index contributed by atoms with van der Waals surface area (Å²) in [5, 5.41) is 9.81. The molecular formula is C66H44N2. The van der Waals surface area contributed by atoms with Crippen molar-refractivity contribution in [3.05, 3.63) is 255 Å². The highest BCUT2D eigenvalue weighted by Crippen LogP contribution is 2.45. The van der Waals surface area contributed by atoms with Crippen molar-refractivity contribution in [2.45, 2.75) is 0 Å². The number of benzene rings is 12. The first-order valence-electron chi connectivity index (χ1n) is 23.4. The fourth-order valence-electron chi connectivity index (χ4n) is 10.9. The Balaban J connectivity index is 1.06. The number of hydrogen-bond donors (Lipinski definition) is 1. The molecule has 0 radical (unpaired) electrons. The van der Waals surface area contributed by atoms with Crippen LogP contribution in [0.3, 0.4) is 0 Å². The summed E-state index contributed by atoms with van der Waals surface area (Å²) < 4.78 is 2.50. The van der Waals surface area contributed by atoms with Crippen LogP contribution in [0.15, 0.2) is 255 Å². The zero-order chi connectivity index (χ0) is 45.1. The first-order chi connectivity index (χ1) is 33.7. The molecular weight excluding hydrogens is 821 g/mol. The topological polar surface area (TPSA) is 30.9 Å². The Bertz CT molecular complexity index is 4040. The first kappa shape index (κ1) is 39.4. The van der Waals surface area contributed by atoms with Gasteiger partial charge in [-0.15, -0.1) is 0 Å². The standard InChI is InChI=1S/C66H44N2/c67-51-37-32-45(33-38-51)55-26-8-18-47-19-9-27-56(63(47)55)46-34-39-52(40-35-46)68-62-41-36-50(57-28-11-21-48-20-7-24-53(64(48)57)43-14-3-1-4-15-43)42-61(62)60-31-13-30-59(66(60)68)58-29-12-23-49-22-10-25-54(65(49)58)44-16-5-2-6-17-44/h1-42H,67H2. The van der Waals surface area contributed by atoms with Gasteiger partial charge in [0.1, 0.15) is 0 Å². The molecule has 12 aromatic carbocycles. The van der Waals surface area contributed by atoms with Gasteiger partial charge in [0.15, 0.2) is 0 Å². The van der Waals surface area contributed by atoms with Crippen molar-refractivity contribution in [1.82, 2.24) is 4.57 Å². The zero-order valence-electron chi connectivity index (χ0n) is 37.3. The molecule has 0 bridgehead atoms. The lowest BCUT2D eigenvalue weighted by Gasteiger charge is -2.16. The lowest BCUT2D eigenvalue weighted by Crippen LogP contribution is -1.96. The Morgan fingerprint density at radius 2 is 0.647 bits per heavy atom. The van der Waals surface area contributed by atoms with E-state index in [-0.39, 0.29) is 0 Å². The summed E-state index contributed by atoms with van der Waals surface area (Å²) in [6.07, 6.45) is 0. The second kappa shape index (κ2) is 16.2. The number of nitrogens with two attached hydrogens (primary N) is 1. The molecule has 2 N–H and O–H groups in total. The maximum atomic E-state index is 6.14. The maximum absolute atomic E-state index is 6.14. The van der Waals surface area contributed by atoms with Crippen LogP contribution in [0.1, 0.15) is 0 Å². The summed E-state index contributed by atoms with van der Waals surface area (Å²) in [7, 11) is 0. The van der Waals surface area contributed by atoms with Gasteiger partial charge in [-0.25, -0.2) is 0 Å². The minimum atomic E-state index is 0.761. The van der Waals surface area contributed by atoms with E-state index in [1.54, 1.807) is 0 Å². The fourth-order valence-corrected chi connectivity index (χ4v) is 10.9. The van der Waals surface area contributed by atoms with E-state index < -0.39 is 0 Å². The van der Waals surface area contributed by atoms with Crippen molar-refractivity contribution in [1.29, 1.82) is 0 Å². The second-order valence-electron chi connectivity index (χ2n) is 17.8. The van der Waals surface area contributed by atoms with Crippen LogP contribution in [0, 0.1) is 0 Å². The third-order valence-corrected chi connectivity index (χ3v) is 13.9. The van der Waals surface area contributed by atoms with Crippen molar-refractivity contribution in [2.24, 2.45) is 0 Å². The van der Waals surface area contributed by atoms with Gasteiger partial charge >= 0.3 is 0 Å². The van der Waals surface area contributed by atoms with Gasteiger partial charge in [-0.3, -0.25) is 0 Å². The average Bonchev–Trinajstić information content (AvgIpc) is 3.74. The summed E-state index contributed by atoms with van der Waals surface area (Å²) in [6, 6.07) is 92.9. The number of aromatic nitrogens is 1. The number of nitrogen functional groups attached to an aromatic ring is 1. The normalized spacial score (nSPS) is 11.6. The summed E-state index contributed by atoms with van der Waals surface area (Å²) in [4.78, 5) is 0. The summed E-state index contributed by atoms with van der Waals surface area (Å²) >= 11 is 0. The molecule has 0 amide bonds. The lowest BCUT2D eigenvalue weighted by atomic mass is 9.90. The van der Waals surface area contributed by atoms with Crippen LogP contribution >= 0.6 is 0 Å². The predicted octanol–water partition coefficient (Wildman–Crippen LogP) is 17.8. The SMILES string of the molecule is Nc1ccc(-c2cccc3cccc(-c4ccc(-n5c6ccc(-c7cccc8cccc(-c9ccccc9)c78)cc6c6cccc(-c7cccc8cccc(-c9ccccc9)c78)c65)cc4)c23)cc1. The summed E-state index contributed by atoms with van der Waals surface area (Å²) in [5.74, 6) is 0. The van der Waals surface area contributed by atoms with Crippen LogP contribution in [0.2, 0.25) is 0 Å². The van der Waals surface area contributed by atoms with Gasteiger partial charge in [-0.05, 0) is 130 Å². The molecule has 0 fully saturated rings. The first-order valence-corrected chi connectivity index (χ1v) is 23.4. The Morgan fingerprint density at radius 3 is 1.15 bits per heavy atom. The van der Waals surface area contributed by atoms with Crippen molar-refractivity contribution >= 4 is 59.8 Å². The molecule has 13 rings (SSSR count). The highest BCUT2D eigenvalue weighted by molar-refractivity contribution is 6.19. The third kappa shape index (κ3) is 6.49. The lowest BCUT2D eigenvalue weighted by molar-refractivity contribution is 1.18. The number of fused-ring (bicyclic) bond motifs is 6. The van der Waals surface area contributed by atoms with Crippen molar-refractivity contribution < 1.29 is 0 Å². The molecule has 0 aliphatic heterocycles. The van der Waals surface area contributed by atoms with E-state index in [0.717, 1.165) is 28.0 Å². The third-order valence-electron chi connectivity index (χ3n) is 13.9. The fraction of sp³-hybridized carbons (Fsp3) is 0. The Morgan fingerprint density at radius 1 is 0.265 bits per heavy atom. The quantitative estimate of drug-likeness (QED) is 0.159. The van der Waals surface area contributed by atoms with Crippen LogP contribution < -0.4 is 5.73 Å². The molecule has 2 heteroatoms. The van der Waals surface area contributed by atoms with Gasteiger partial charge in [0, 0.05) is 27.7 Å². The zero-order valence-corrected chi connectivity index (χ0v) is 37.3. The van der Waals surface area contributed by atoms with Gasteiger partial charge in [0.05, 0.1) is 11.0 Å². The van der Waals surface area contributed by atoms with Crippen molar-refractivity contribution in [3.63, 3.8) is 0 Å². The second-order valence-corrected chi connectivity index (χ2v) is 17.8. The molecule has 0 aliphatic carbocycles. The maximum Gasteiger partial charge on any atom is 0.0619 e. The molecule has 2 nitrogen and oxygen atoms in total. The molecule has 0 atom stereocenters. The van der Waals surface area contributed by atoms with Gasteiger partial charge in [-0.1, -0.05) is 218 Å². The van der Waals surface area contributed by atoms with Crippen LogP contribution in [-0.4, -0.2) is 4.57 Å². The molecule has 0 spiro atoms. The van der Waals surface area contributed by atoms with E-state index in [9.17, 15) is 0 Å². The molecule has 68 heavy (non-hydrogen) atoms. The molecule has 0 unspecified atom stereocenters. The van der Waals surface area contributed by atoms with E-state index >= 15 is 0 Å². The van der Waals surface area contributed by atoms with Crippen LogP contribution in [0.25, 0.3) is 127 Å². The van der Waals surface area contributed by atoms with E-state index in [4.69, 9.17) is 5.73 Å². The van der Waals surface area contributed by atoms with Gasteiger partial charge in [-0.2, -0.15) is 0 Å². The van der Waals surface area contributed by atoms with Crippen LogP contribution in [0.4, 0.5) is 5.69 Å². The number of hydrogen-bond acceptors (Lipinski definition) is 1. The molecule has 0 saturated carbocycles. The van der Waals surface area contributed by atoms with E-state index in [2.05, 4.69) is 247 Å². The molecule has 1 aromatic heterocycles. The van der Waals surface area contributed by atoms with Gasteiger partial charge < -0.3 is 10.3 Å². The molecule has 1 heterocycles. The Kier molecular flexibility index (Phi) is 9.37. The number of nitrogens with zero attached hydrogens (tertiary/aromatic N) is 1. The van der Waals surface area contributed by atoms with Gasteiger partial charge in [0.25, 0.3) is 0 Å². The average molecular weight is 865 g/mol. The minimum absolute atomic E-state index is 0.761. The number of anilines is 1. The van der Waals surface area contributed by atoms with E-state index in [1.807, 2.05) is 12.1 Å². The highest BCUT2D eigenvalue weighted by atomic mass is 15.0. The minimum Gasteiger partial charge on any atom is -0.399 e. The molecule has 318 valence electrons. The molecule has 0 saturated heterocycles. The number of para-hydroxylation sites is 1. The van der Waals surface area contributed by atoms with E-state index in [0.29, 0.717) is 0 Å². The highest BCUT2D eigenvalue weighted by Gasteiger charge is 2.21. The predicted molar refractivity (Wildman–Crippen MR) is 290 cm³/mol. The van der Waals surface area contributed by atoms with Crippen LogP contribution in [0.5, 0.6) is 0 Å². The Labute approximate surface area is 395 Å². The van der Waals surface area contributed by atoms with Crippen molar-refractivity contribution in [2.75, 3.05) is 5.73 Å². The largest absolute Gasteiger partial charge is 0.399 e. The monoisotopic (exact) mass is 864 g/mol. The smallest absolute Gasteiger partial charge is 0.0619 e.